The van der Waals surface area contributed by atoms with Gasteiger partial charge in [0.1, 0.15) is 5.75 Å². The first-order valence-electron chi connectivity index (χ1n) is 5.48. The fourth-order valence-electron chi connectivity index (χ4n) is 1.65. The monoisotopic (exact) mass is 246 g/mol. The second-order valence-electron chi connectivity index (χ2n) is 4.19. The highest BCUT2D eigenvalue weighted by Crippen LogP contribution is 2.23. The second-order valence-corrected chi connectivity index (χ2v) is 4.19. The van der Waals surface area contributed by atoms with Crippen LogP contribution in [0.25, 0.3) is 10.9 Å². The Kier molecular flexibility index (Phi) is 3.06. The van der Waals surface area contributed by atoms with E-state index in [0.717, 1.165) is 10.9 Å². The Bertz CT molecular complexity index is 659. The zero-order valence-electron chi connectivity index (χ0n) is 10.5. The van der Waals surface area contributed by atoms with E-state index in [9.17, 15) is 9.59 Å². The predicted molar refractivity (Wildman–Crippen MR) is 68.9 cm³/mol. The van der Waals surface area contributed by atoms with Gasteiger partial charge in [-0.05, 0) is 12.1 Å². The van der Waals surface area contributed by atoms with Crippen molar-refractivity contribution in [2.24, 2.45) is 7.05 Å². The summed E-state index contributed by atoms with van der Waals surface area (Å²) in [5, 5.41) is 0.731. The number of carbonyl (C=O) groups excluding carboxylic acids is 1. The van der Waals surface area contributed by atoms with Gasteiger partial charge in [0.05, 0.1) is 5.52 Å². The molecule has 0 saturated heterocycles. The summed E-state index contributed by atoms with van der Waals surface area (Å²) in [5.41, 5.74) is 0.516. The van der Waals surface area contributed by atoms with E-state index in [1.165, 1.54) is 15.5 Å². The van der Waals surface area contributed by atoms with E-state index >= 15 is 0 Å². The van der Waals surface area contributed by atoms with Crippen LogP contribution in [-0.4, -0.2) is 29.7 Å². The molecule has 0 atom stereocenters. The van der Waals surface area contributed by atoms with E-state index in [4.69, 9.17) is 4.74 Å². The molecule has 0 unspecified atom stereocenters. The summed E-state index contributed by atoms with van der Waals surface area (Å²) in [6.07, 6.45) is -0.506. The van der Waals surface area contributed by atoms with E-state index in [2.05, 4.69) is 0 Å². The molecule has 0 spiro atoms. The van der Waals surface area contributed by atoms with E-state index < -0.39 is 6.09 Å². The Morgan fingerprint density at radius 2 is 1.94 bits per heavy atom. The van der Waals surface area contributed by atoms with Gasteiger partial charge in [-0.3, -0.25) is 4.79 Å². The number of amides is 1. The van der Waals surface area contributed by atoms with Gasteiger partial charge in [0.15, 0.2) is 0 Å². The number of hydrogen-bond donors (Lipinski definition) is 0. The topological polar surface area (TPSA) is 51.5 Å². The number of ether oxygens (including phenoxy) is 1. The number of rotatable bonds is 1. The minimum Gasteiger partial charge on any atom is -0.409 e. The molecule has 5 heteroatoms. The van der Waals surface area contributed by atoms with Crippen LogP contribution in [0, 0.1) is 0 Å². The Labute approximate surface area is 104 Å². The molecule has 2 aromatic rings. The SMILES string of the molecule is CN(C)C(=O)Oc1cc(=O)n(C)c2ccccc12. The summed E-state index contributed by atoms with van der Waals surface area (Å²) >= 11 is 0. The van der Waals surface area contributed by atoms with Gasteiger partial charge in [0, 0.05) is 32.6 Å². The highest BCUT2D eigenvalue weighted by Gasteiger charge is 2.12. The van der Waals surface area contributed by atoms with Crippen molar-refractivity contribution < 1.29 is 9.53 Å². The van der Waals surface area contributed by atoms with Crippen LogP contribution in [0.3, 0.4) is 0 Å². The van der Waals surface area contributed by atoms with Gasteiger partial charge < -0.3 is 14.2 Å². The molecule has 0 bridgehead atoms. The van der Waals surface area contributed by atoms with Crippen molar-refractivity contribution in [3.05, 3.63) is 40.7 Å². The highest BCUT2D eigenvalue weighted by molar-refractivity contribution is 5.87. The average Bonchev–Trinajstić information content (AvgIpc) is 2.35. The molecule has 0 aliphatic rings. The lowest BCUT2D eigenvalue weighted by molar-refractivity contribution is 0.172. The maximum Gasteiger partial charge on any atom is 0.414 e. The summed E-state index contributed by atoms with van der Waals surface area (Å²) in [4.78, 5) is 24.6. The third-order valence-corrected chi connectivity index (χ3v) is 2.68. The molecule has 0 saturated carbocycles. The first kappa shape index (κ1) is 12.2. The number of aromatic nitrogens is 1. The number of fused-ring (bicyclic) bond motifs is 1. The van der Waals surface area contributed by atoms with E-state index in [1.807, 2.05) is 24.3 Å². The lowest BCUT2D eigenvalue weighted by Crippen LogP contribution is -2.26. The molecule has 1 heterocycles. The molecule has 0 aliphatic carbocycles. The number of para-hydroxylation sites is 1. The predicted octanol–water partition coefficient (Wildman–Crippen LogP) is 1.60. The van der Waals surface area contributed by atoms with Gasteiger partial charge in [-0.1, -0.05) is 12.1 Å². The summed E-state index contributed by atoms with van der Waals surface area (Å²) < 4.78 is 6.71. The van der Waals surface area contributed by atoms with Crippen molar-refractivity contribution in [1.82, 2.24) is 9.47 Å². The fraction of sp³-hybridized carbons (Fsp3) is 0.231. The fourth-order valence-corrected chi connectivity index (χ4v) is 1.65. The molecule has 0 fully saturated rings. The highest BCUT2D eigenvalue weighted by atomic mass is 16.6. The smallest absolute Gasteiger partial charge is 0.409 e. The number of hydrogen-bond acceptors (Lipinski definition) is 3. The van der Waals surface area contributed by atoms with Gasteiger partial charge in [0.2, 0.25) is 0 Å². The lowest BCUT2D eigenvalue weighted by Gasteiger charge is -2.13. The molecule has 0 aliphatic heterocycles. The molecule has 2 rings (SSSR count). The second kappa shape index (κ2) is 4.52. The van der Waals surface area contributed by atoms with Crippen LogP contribution in [-0.2, 0) is 7.05 Å². The molecule has 94 valence electrons. The van der Waals surface area contributed by atoms with E-state index in [1.54, 1.807) is 21.1 Å². The minimum atomic E-state index is -0.506. The first-order valence-corrected chi connectivity index (χ1v) is 5.48. The number of pyridine rings is 1. The van der Waals surface area contributed by atoms with Gasteiger partial charge >= 0.3 is 6.09 Å². The maximum atomic E-state index is 11.8. The Balaban J connectivity index is 2.61. The standard InChI is InChI=1S/C13H14N2O3/c1-14(2)13(17)18-11-8-12(16)15(3)10-7-5-4-6-9(10)11/h4-8H,1-3H3. The zero-order valence-corrected chi connectivity index (χ0v) is 10.5. The average molecular weight is 246 g/mol. The van der Waals surface area contributed by atoms with E-state index in [-0.39, 0.29) is 11.3 Å². The Morgan fingerprint density at radius 3 is 2.61 bits per heavy atom. The normalized spacial score (nSPS) is 10.4. The van der Waals surface area contributed by atoms with Crippen molar-refractivity contribution in [1.29, 1.82) is 0 Å². The van der Waals surface area contributed by atoms with Crippen LogP contribution < -0.4 is 10.3 Å². The van der Waals surface area contributed by atoms with Crippen LogP contribution >= 0.6 is 0 Å². The molecule has 5 nitrogen and oxygen atoms in total. The summed E-state index contributed by atoms with van der Waals surface area (Å²) in [7, 11) is 4.86. The maximum absolute atomic E-state index is 11.8. The zero-order chi connectivity index (χ0) is 13.3. The number of nitrogens with zero attached hydrogens (tertiary/aromatic N) is 2. The summed E-state index contributed by atoms with van der Waals surface area (Å²) in [6.45, 7) is 0. The Hall–Kier alpha value is -2.30. The van der Waals surface area contributed by atoms with Crippen LogP contribution in [0.4, 0.5) is 4.79 Å². The van der Waals surface area contributed by atoms with E-state index in [0.29, 0.717) is 0 Å². The molecule has 1 aromatic heterocycles. The van der Waals surface area contributed by atoms with Crippen molar-refractivity contribution in [2.75, 3.05) is 14.1 Å². The molecular weight excluding hydrogens is 232 g/mol. The first-order chi connectivity index (χ1) is 8.50. The largest absolute Gasteiger partial charge is 0.414 e. The minimum absolute atomic E-state index is 0.213. The molecule has 1 amide bonds. The molecular formula is C13H14N2O3. The van der Waals surface area contributed by atoms with Gasteiger partial charge in [-0.15, -0.1) is 0 Å². The van der Waals surface area contributed by atoms with Gasteiger partial charge in [-0.2, -0.15) is 0 Å². The summed E-state index contributed by atoms with van der Waals surface area (Å²) in [5.74, 6) is 0.285. The van der Waals surface area contributed by atoms with Gasteiger partial charge in [-0.25, -0.2) is 4.79 Å². The third kappa shape index (κ3) is 2.07. The number of benzene rings is 1. The van der Waals surface area contributed by atoms with Crippen molar-refractivity contribution in [3.8, 4) is 5.75 Å². The van der Waals surface area contributed by atoms with Crippen molar-refractivity contribution in [3.63, 3.8) is 0 Å². The quantitative estimate of drug-likeness (QED) is 0.768. The molecule has 18 heavy (non-hydrogen) atoms. The van der Waals surface area contributed by atoms with Crippen LogP contribution in [0.15, 0.2) is 35.1 Å². The van der Waals surface area contributed by atoms with Crippen LogP contribution in [0.5, 0.6) is 5.75 Å². The molecule has 0 radical (unpaired) electrons. The summed E-state index contributed by atoms with van der Waals surface area (Å²) in [6, 6.07) is 8.61. The molecule has 0 N–H and O–H groups in total. The number of carbonyl (C=O) groups is 1. The Morgan fingerprint density at radius 1 is 1.28 bits per heavy atom. The number of aryl methyl sites for hydroxylation is 1. The van der Waals surface area contributed by atoms with Gasteiger partial charge in [0.25, 0.3) is 5.56 Å². The lowest BCUT2D eigenvalue weighted by atomic mass is 10.2. The van der Waals surface area contributed by atoms with Crippen molar-refractivity contribution >= 4 is 17.0 Å². The molecule has 1 aromatic carbocycles. The van der Waals surface area contributed by atoms with Crippen LogP contribution in [0.2, 0.25) is 0 Å². The van der Waals surface area contributed by atoms with Crippen molar-refractivity contribution in [2.45, 2.75) is 0 Å². The van der Waals surface area contributed by atoms with Crippen LogP contribution in [0.1, 0.15) is 0 Å². The third-order valence-electron chi connectivity index (χ3n) is 2.68.